The predicted molar refractivity (Wildman–Crippen MR) is 106 cm³/mol. The zero-order valence-electron chi connectivity index (χ0n) is 16.6. The Bertz CT molecular complexity index is 955. The molecular formula is C19H27N3O4S. The summed E-state index contributed by atoms with van der Waals surface area (Å²) in [5, 5.41) is 0. The summed E-state index contributed by atoms with van der Waals surface area (Å²) >= 11 is 0. The third-order valence-corrected chi connectivity index (χ3v) is 5.92. The van der Waals surface area contributed by atoms with Crippen molar-refractivity contribution in [1.82, 2.24) is 14.5 Å². The van der Waals surface area contributed by atoms with Gasteiger partial charge in [0.25, 0.3) is 5.56 Å². The summed E-state index contributed by atoms with van der Waals surface area (Å²) < 4.78 is 31.8. The Balaban J connectivity index is 2.58. The summed E-state index contributed by atoms with van der Waals surface area (Å²) in [5.74, 6) is -0.0234. The SMILES string of the molecule is CCCCS(=O)(=O)Cc1nc(OCC)nc(-c2cc(C)c(=O)n(C)c2)c1C. The molecule has 7 nitrogen and oxygen atoms in total. The van der Waals surface area contributed by atoms with Gasteiger partial charge < -0.3 is 9.30 Å². The Morgan fingerprint density at radius 2 is 1.89 bits per heavy atom. The van der Waals surface area contributed by atoms with Crippen LogP contribution in [0.4, 0.5) is 0 Å². The zero-order valence-corrected chi connectivity index (χ0v) is 17.4. The van der Waals surface area contributed by atoms with Gasteiger partial charge in [-0.2, -0.15) is 9.97 Å². The average Bonchev–Trinajstić information content (AvgIpc) is 2.60. The zero-order chi connectivity index (χ0) is 20.2. The molecule has 0 N–H and O–H groups in total. The van der Waals surface area contributed by atoms with E-state index in [-0.39, 0.29) is 23.1 Å². The largest absolute Gasteiger partial charge is 0.464 e. The first-order chi connectivity index (χ1) is 12.7. The number of aryl methyl sites for hydroxylation is 2. The van der Waals surface area contributed by atoms with E-state index in [9.17, 15) is 13.2 Å². The number of nitrogens with zero attached hydrogens (tertiary/aromatic N) is 3. The van der Waals surface area contributed by atoms with Gasteiger partial charge in [-0.1, -0.05) is 13.3 Å². The van der Waals surface area contributed by atoms with E-state index in [1.54, 1.807) is 33.2 Å². The van der Waals surface area contributed by atoms with Gasteiger partial charge in [0.1, 0.15) is 0 Å². The standard InChI is InChI=1S/C19H27N3O4S/c1-6-8-9-27(24,25)12-16-14(4)17(21-19(20-16)26-7-2)15-10-13(3)18(23)22(5)11-15/h10-11H,6-9,12H2,1-5H3. The van der Waals surface area contributed by atoms with E-state index < -0.39 is 9.84 Å². The number of rotatable bonds is 8. The Morgan fingerprint density at radius 1 is 1.19 bits per heavy atom. The highest BCUT2D eigenvalue weighted by Crippen LogP contribution is 2.26. The predicted octanol–water partition coefficient (Wildman–Crippen LogP) is 2.57. The molecule has 0 radical (unpaired) electrons. The summed E-state index contributed by atoms with van der Waals surface area (Å²) in [4.78, 5) is 20.8. The lowest BCUT2D eigenvalue weighted by Crippen LogP contribution is -2.19. The number of unbranched alkanes of at least 4 members (excludes halogenated alkanes) is 1. The van der Waals surface area contributed by atoms with Gasteiger partial charge in [0, 0.05) is 24.4 Å². The van der Waals surface area contributed by atoms with E-state index in [1.165, 1.54) is 4.57 Å². The third kappa shape index (κ3) is 5.15. The molecule has 0 aliphatic rings. The van der Waals surface area contributed by atoms with Crippen molar-refractivity contribution in [2.24, 2.45) is 7.05 Å². The summed E-state index contributed by atoms with van der Waals surface area (Å²) in [6.07, 6.45) is 3.13. The number of hydrogen-bond acceptors (Lipinski definition) is 6. The molecule has 2 heterocycles. The monoisotopic (exact) mass is 393 g/mol. The Hall–Kier alpha value is -2.22. The van der Waals surface area contributed by atoms with Crippen molar-refractivity contribution in [3.63, 3.8) is 0 Å². The molecule has 8 heteroatoms. The van der Waals surface area contributed by atoms with E-state index >= 15 is 0 Å². The molecule has 0 unspecified atom stereocenters. The Morgan fingerprint density at radius 3 is 2.48 bits per heavy atom. The van der Waals surface area contributed by atoms with Crippen LogP contribution in [0, 0.1) is 13.8 Å². The highest BCUT2D eigenvalue weighted by Gasteiger charge is 2.20. The van der Waals surface area contributed by atoms with Crippen LogP contribution >= 0.6 is 0 Å². The quantitative estimate of drug-likeness (QED) is 0.684. The van der Waals surface area contributed by atoms with Crippen molar-refractivity contribution >= 4 is 9.84 Å². The summed E-state index contributed by atoms with van der Waals surface area (Å²) in [5.41, 5.74) is 2.92. The maximum Gasteiger partial charge on any atom is 0.317 e. The van der Waals surface area contributed by atoms with Crippen LogP contribution in [0.15, 0.2) is 17.1 Å². The molecule has 148 valence electrons. The highest BCUT2D eigenvalue weighted by atomic mass is 32.2. The molecule has 0 bridgehead atoms. The van der Waals surface area contributed by atoms with E-state index in [0.717, 1.165) is 12.0 Å². The van der Waals surface area contributed by atoms with Crippen LogP contribution in [-0.4, -0.2) is 35.3 Å². The lowest BCUT2D eigenvalue weighted by atomic mass is 10.1. The van der Waals surface area contributed by atoms with Crippen LogP contribution < -0.4 is 10.3 Å². The molecule has 0 saturated heterocycles. The topological polar surface area (TPSA) is 91.2 Å². The van der Waals surface area contributed by atoms with Crippen LogP contribution in [0.3, 0.4) is 0 Å². The fraction of sp³-hybridized carbons (Fsp3) is 0.526. The van der Waals surface area contributed by atoms with E-state index in [0.29, 0.717) is 35.5 Å². The molecule has 2 aromatic heterocycles. The van der Waals surface area contributed by atoms with Gasteiger partial charge in [0.15, 0.2) is 9.84 Å². The summed E-state index contributed by atoms with van der Waals surface area (Å²) in [6, 6.07) is 1.90. The fourth-order valence-corrected chi connectivity index (χ4v) is 4.38. The fourth-order valence-electron chi connectivity index (χ4n) is 2.81. The van der Waals surface area contributed by atoms with Crippen LogP contribution in [0.5, 0.6) is 6.01 Å². The van der Waals surface area contributed by atoms with Crippen molar-refractivity contribution in [1.29, 1.82) is 0 Å². The summed E-state index contributed by atoms with van der Waals surface area (Å²) in [6.45, 7) is 7.69. The molecule has 2 rings (SSSR count). The molecule has 0 saturated carbocycles. The van der Waals surface area contributed by atoms with Gasteiger partial charge >= 0.3 is 6.01 Å². The minimum absolute atomic E-state index is 0.0853. The number of ether oxygens (including phenoxy) is 1. The molecule has 0 fully saturated rings. The van der Waals surface area contributed by atoms with Crippen molar-refractivity contribution < 1.29 is 13.2 Å². The minimum Gasteiger partial charge on any atom is -0.464 e. The molecular weight excluding hydrogens is 366 g/mol. The minimum atomic E-state index is -3.27. The molecule has 2 aromatic rings. The third-order valence-electron chi connectivity index (χ3n) is 4.30. The van der Waals surface area contributed by atoms with Crippen LogP contribution in [0.2, 0.25) is 0 Å². The summed E-state index contributed by atoms with van der Waals surface area (Å²) in [7, 11) is -1.60. The van der Waals surface area contributed by atoms with Gasteiger partial charge in [0.05, 0.1) is 29.5 Å². The van der Waals surface area contributed by atoms with Crippen LogP contribution in [0.25, 0.3) is 11.3 Å². The average molecular weight is 394 g/mol. The molecule has 0 aromatic carbocycles. The van der Waals surface area contributed by atoms with Gasteiger partial charge in [-0.3, -0.25) is 4.79 Å². The van der Waals surface area contributed by atoms with Crippen LogP contribution in [0.1, 0.15) is 43.5 Å². The van der Waals surface area contributed by atoms with Gasteiger partial charge in [-0.25, -0.2) is 8.42 Å². The van der Waals surface area contributed by atoms with Crippen molar-refractivity contribution in [2.45, 2.75) is 46.3 Å². The normalized spacial score (nSPS) is 11.6. The van der Waals surface area contributed by atoms with E-state index in [2.05, 4.69) is 9.97 Å². The molecule has 0 spiro atoms. The second-order valence-electron chi connectivity index (χ2n) is 6.63. The van der Waals surface area contributed by atoms with Crippen molar-refractivity contribution in [3.8, 4) is 17.3 Å². The number of sulfone groups is 1. The van der Waals surface area contributed by atoms with Crippen molar-refractivity contribution in [2.75, 3.05) is 12.4 Å². The smallest absolute Gasteiger partial charge is 0.317 e. The second-order valence-corrected chi connectivity index (χ2v) is 8.82. The Labute approximate surface area is 160 Å². The second kappa shape index (κ2) is 8.65. The molecule has 0 amide bonds. The van der Waals surface area contributed by atoms with Gasteiger partial charge in [-0.05, 0) is 38.8 Å². The maximum atomic E-state index is 12.4. The lowest BCUT2D eigenvalue weighted by Gasteiger charge is -2.14. The first-order valence-corrected chi connectivity index (χ1v) is 10.9. The first-order valence-electron chi connectivity index (χ1n) is 9.06. The van der Waals surface area contributed by atoms with E-state index in [1.807, 2.05) is 13.8 Å². The molecule has 27 heavy (non-hydrogen) atoms. The van der Waals surface area contributed by atoms with Gasteiger partial charge in [-0.15, -0.1) is 0 Å². The Kier molecular flexibility index (Phi) is 6.75. The van der Waals surface area contributed by atoms with Crippen molar-refractivity contribution in [3.05, 3.63) is 39.4 Å². The molecule has 0 aliphatic heterocycles. The van der Waals surface area contributed by atoms with Gasteiger partial charge in [0.2, 0.25) is 0 Å². The van der Waals surface area contributed by atoms with E-state index in [4.69, 9.17) is 4.74 Å². The number of pyridine rings is 1. The van der Waals surface area contributed by atoms with Crippen LogP contribution in [-0.2, 0) is 22.6 Å². The number of hydrogen-bond donors (Lipinski definition) is 0. The molecule has 0 atom stereocenters. The highest BCUT2D eigenvalue weighted by molar-refractivity contribution is 7.90. The lowest BCUT2D eigenvalue weighted by molar-refractivity contribution is 0.312. The maximum absolute atomic E-state index is 12.4. The first kappa shape index (κ1) is 21.1. The molecule has 0 aliphatic carbocycles. The number of aromatic nitrogens is 3.